The third kappa shape index (κ3) is 7.95. The average Bonchev–Trinajstić information content (AvgIpc) is 3.08. The number of carbonyl (C=O) groups is 1. The molecule has 1 saturated carbocycles. The predicted octanol–water partition coefficient (Wildman–Crippen LogP) is 6.69. The van der Waals surface area contributed by atoms with Crippen LogP contribution in [0.3, 0.4) is 0 Å². The number of fused-ring (bicyclic) bond motifs is 3. The number of sulfonamides is 1. The Kier molecular flexibility index (Phi) is 11.1. The largest absolute Gasteiger partial charge is 0.487 e. The Morgan fingerprint density at radius 3 is 2.51 bits per heavy atom. The molecule has 0 radical (unpaired) electrons. The highest BCUT2D eigenvalue weighted by atomic mass is 35.5. The minimum atomic E-state index is -3.87. The van der Waals surface area contributed by atoms with Gasteiger partial charge in [0.05, 0.1) is 24.2 Å². The summed E-state index contributed by atoms with van der Waals surface area (Å²) in [6, 6.07) is 11.8. The van der Waals surface area contributed by atoms with E-state index in [-0.39, 0.29) is 5.92 Å². The van der Waals surface area contributed by atoms with Crippen molar-refractivity contribution < 1.29 is 22.7 Å². The number of ether oxygens (including phenoxy) is 2. The first-order chi connectivity index (χ1) is 22.6. The summed E-state index contributed by atoms with van der Waals surface area (Å²) in [4.78, 5) is 18.5. The van der Waals surface area contributed by atoms with Crippen LogP contribution in [0.25, 0.3) is 0 Å². The van der Waals surface area contributed by atoms with Crippen LogP contribution in [0.15, 0.2) is 36.4 Å². The van der Waals surface area contributed by atoms with Crippen LogP contribution in [0, 0.1) is 23.7 Å². The van der Waals surface area contributed by atoms with E-state index in [4.69, 9.17) is 21.1 Å². The van der Waals surface area contributed by atoms with Crippen LogP contribution >= 0.6 is 11.6 Å². The smallest absolute Gasteiger partial charge is 0.264 e. The summed E-state index contributed by atoms with van der Waals surface area (Å²) in [5.74, 6) is 1.72. The van der Waals surface area contributed by atoms with Crippen molar-refractivity contribution in [1.29, 1.82) is 0 Å². The maximum atomic E-state index is 13.5. The molecule has 8 nitrogen and oxygen atoms in total. The zero-order valence-corrected chi connectivity index (χ0v) is 29.8. The number of anilines is 1. The summed E-state index contributed by atoms with van der Waals surface area (Å²) in [6.45, 7) is 11.8. The molecule has 0 spiro atoms. The average molecular weight is 686 g/mol. The molecule has 2 aromatic rings. The van der Waals surface area contributed by atoms with Gasteiger partial charge in [-0.05, 0) is 124 Å². The Hall–Kier alpha value is -2.33. The van der Waals surface area contributed by atoms with Gasteiger partial charge in [-0.2, -0.15) is 0 Å². The van der Waals surface area contributed by atoms with E-state index in [1.807, 2.05) is 37.3 Å². The van der Waals surface area contributed by atoms with Gasteiger partial charge >= 0.3 is 0 Å². The third-order valence-corrected chi connectivity index (χ3v) is 13.8. The molecule has 6 atom stereocenters. The number of hydrogen-bond acceptors (Lipinski definition) is 7. The summed E-state index contributed by atoms with van der Waals surface area (Å²) in [5.41, 5.74) is 3.52. The Bertz CT molecular complexity index is 1510. The number of nitrogens with one attached hydrogen (secondary N) is 1. The van der Waals surface area contributed by atoms with Crippen LogP contribution in [0.5, 0.6) is 5.75 Å². The molecule has 1 amide bonds. The standard InChI is InChI=1S/C37H52ClN3O5S/c1-25-7-6-9-33(26(2)40-17-19-45-20-18-40)34-14-11-30(34)23-41-16-5-4-8-28-21-32(38)13-10-31(28)24-46-36-15-12-29(22-35(36)41)37(42)39-47(43,44)27(25)3/h10,12-13,15,21-22,25-27,30,33-34H,4-9,11,14,16-20,23-24H2,1-3H3,(H,39,42)/t25-,26-,27+,30-,33+,34+/m0/s1. The fourth-order valence-corrected chi connectivity index (χ4v) is 9.82. The number of amides is 1. The zero-order valence-electron chi connectivity index (χ0n) is 28.3. The van der Waals surface area contributed by atoms with Crippen molar-refractivity contribution in [1.82, 2.24) is 9.62 Å². The minimum absolute atomic E-state index is 0.0706. The fraction of sp³-hybridized carbons (Fsp3) is 0.649. The minimum Gasteiger partial charge on any atom is -0.487 e. The van der Waals surface area contributed by atoms with Gasteiger partial charge in [0.2, 0.25) is 10.0 Å². The molecule has 2 bridgehead atoms. The Balaban J connectivity index is 1.36. The number of halogens is 1. The first kappa shape index (κ1) is 34.5. The molecular weight excluding hydrogens is 634 g/mol. The van der Waals surface area contributed by atoms with Gasteiger partial charge in [-0.25, -0.2) is 13.1 Å². The maximum Gasteiger partial charge on any atom is 0.264 e. The number of carbonyl (C=O) groups excluding carboxylic acids is 1. The van der Waals surface area contributed by atoms with E-state index in [2.05, 4.69) is 21.4 Å². The number of rotatable bonds is 2. The number of morpholine rings is 1. The quantitative estimate of drug-likeness (QED) is 0.377. The normalized spacial score (nSPS) is 29.9. The molecular formula is C37H52ClN3O5S. The molecule has 4 aliphatic rings. The van der Waals surface area contributed by atoms with Gasteiger partial charge in [-0.3, -0.25) is 9.69 Å². The molecule has 258 valence electrons. The van der Waals surface area contributed by atoms with E-state index in [1.54, 1.807) is 13.0 Å². The number of hydrogen-bond donors (Lipinski definition) is 1. The molecule has 1 aliphatic carbocycles. The second-order valence-electron chi connectivity index (χ2n) is 14.4. The molecule has 6 rings (SSSR count). The van der Waals surface area contributed by atoms with E-state index in [0.29, 0.717) is 41.7 Å². The van der Waals surface area contributed by atoms with E-state index in [0.717, 1.165) is 94.2 Å². The Morgan fingerprint density at radius 2 is 1.74 bits per heavy atom. The third-order valence-electron chi connectivity index (χ3n) is 11.7. The lowest BCUT2D eigenvalue weighted by molar-refractivity contribution is -0.0219. The van der Waals surface area contributed by atoms with Crippen LogP contribution in [-0.2, 0) is 27.8 Å². The highest BCUT2D eigenvalue weighted by molar-refractivity contribution is 7.90. The second-order valence-corrected chi connectivity index (χ2v) is 16.9. The molecule has 10 heteroatoms. The molecule has 2 fully saturated rings. The van der Waals surface area contributed by atoms with E-state index in [9.17, 15) is 13.2 Å². The lowest BCUT2D eigenvalue weighted by atomic mass is 9.63. The second kappa shape index (κ2) is 15.1. The molecule has 2 aromatic carbocycles. The van der Waals surface area contributed by atoms with Crippen LogP contribution in [0.2, 0.25) is 5.02 Å². The maximum absolute atomic E-state index is 13.5. The van der Waals surface area contributed by atoms with Crippen molar-refractivity contribution >= 4 is 33.2 Å². The van der Waals surface area contributed by atoms with Crippen LogP contribution < -0.4 is 14.4 Å². The summed E-state index contributed by atoms with van der Waals surface area (Å²) in [7, 11) is -3.87. The van der Waals surface area contributed by atoms with Crippen molar-refractivity contribution in [3.8, 4) is 5.75 Å². The van der Waals surface area contributed by atoms with Gasteiger partial charge in [0.1, 0.15) is 12.4 Å². The summed E-state index contributed by atoms with van der Waals surface area (Å²) in [5, 5.41) is 0.0514. The van der Waals surface area contributed by atoms with Gasteiger partial charge in [0, 0.05) is 42.8 Å². The number of aryl methyl sites for hydroxylation is 1. The van der Waals surface area contributed by atoms with Crippen LogP contribution in [0.1, 0.15) is 87.2 Å². The molecule has 0 aromatic heterocycles. The van der Waals surface area contributed by atoms with Crippen molar-refractivity contribution in [2.45, 2.75) is 90.0 Å². The summed E-state index contributed by atoms with van der Waals surface area (Å²) in [6.07, 6.45) is 8.21. The number of nitrogens with zero attached hydrogens (tertiary/aromatic N) is 2. The van der Waals surface area contributed by atoms with Crippen LogP contribution in [0.4, 0.5) is 5.69 Å². The molecule has 0 unspecified atom stereocenters. The lowest BCUT2D eigenvalue weighted by Crippen LogP contribution is -2.51. The van der Waals surface area contributed by atoms with Gasteiger partial charge in [0.25, 0.3) is 5.91 Å². The van der Waals surface area contributed by atoms with E-state index in [1.165, 1.54) is 18.4 Å². The molecule has 1 saturated heterocycles. The first-order valence-corrected chi connectivity index (χ1v) is 19.7. The van der Waals surface area contributed by atoms with Gasteiger partial charge in [-0.1, -0.05) is 31.0 Å². The van der Waals surface area contributed by atoms with Gasteiger partial charge < -0.3 is 14.4 Å². The first-order valence-electron chi connectivity index (χ1n) is 17.8. The Morgan fingerprint density at radius 1 is 0.936 bits per heavy atom. The predicted molar refractivity (Wildman–Crippen MR) is 188 cm³/mol. The SMILES string of the molecule is C[C@@H]1[C@@H](C)CCC[C@H]([C@H](C)N2CCOCC2)[C@@H]2CC[C@H]2CN2CCCCc3cc(Cl)ccc3COc3ccc(cc32)C(=O)NS1(=O)=O. The van der Waals surface area contributed by atoms with E-state index < -0.39 is 21.2 Å². The van der Waals surface area contributed by atoms with Crippen LogP contribution in [-0.4, -0.2) is 69.9 Å². The molecule has 3 heterocycles. The molecule has 1 N–H and O–H groups in total. The van der Waals surface area contributed by atoms with Gasteiger partial charge in [0.15, 0.2) is 0 Å². The monoisotopic (exact) mass is 685 g/mol. The lowest BCUT2D eigenvalue weighted by Gasteiger charge is -2.49. The zero-order chi connectivity index (χ0) is 33.1. The molecule has 47 heavy (non-hydrogen) atoms. The fourth-order valence-electron chi connectivity index (χ4n) is 8.31. The highest BCUT2D eigenvalue weighted by Crippen LogP contribution is 2.46. The van der Waals surface area contributed by atoms with E-state index >= 15 is 0 Å². The van der Waals surface area contributed by atoms with Crippen molar-refractivity contribution in [2.75, 3.05) is 44.3 Å². The number of benzene rings is 2. The molecule has 3 aliphatic heterocycles. The summed E-state index contributed by atoms with van der Waals surface area (Å²) >= 11 is 6.38. The van der Waals surface area contributed by atoms with Crippen molar-refractivity contribution in [3.63, 3.8) is 0 Å². The Labute approximate surface area is 286 Å². The highest BCUT2D eigenvalue weighted by Gasteiger charge is 2.42. The van der Waals surface area contributed by atoms with Crippen molar-refractivity contribution in [3.05, 3.63) is 58.1 Å². The topological polar surface area (TPSA) is 88.2 Å². The summed E-state index contributed by atoms with van der Waals surface area (Å²) < 4.78 is 41.6. The van der Waals surface area contributed by atoms with Crippen molar-refractivity contribution in [2.24, 2.45) is 23.7 Å². The van der Waals surface area contributed by atoms with Gasteiger partial charge in [-0.15, -0.1) is 0 Å².